The molecule has 2 heterocycles. The predicted molar refractivity (Wildman–Crippen MR) is 111 cm³/mol. The van der Waals surface area contributed by atoms with E-state index in [1.807, 2.05) is 36.1 Å². The third-order valence-corrected chi connectivity index (χ3v) is 6.09. The number of benzene rings is 1. The summed E-state index contributed by atoms with van der Waals surface area (Å²) in [5.74, 6) is 1.27. The van der Waals surface area contributed by atoms with Gasteiger partial charge in [0.1, 0.15) is 11.6 Å². The molecule has 1 N–H and O–H groups in total. The Hall–Kier alpha value is -2.42. The van der Waals surface area contributed by atoms with Crippen molar-refractivity contribution in [1.29, 1.82) is 0 Å². The maximum Gasteiger partial charge on any atom is 0.417 e. The molecule has 30 heavy (non-hydrogen) atoms. The second-order valence-electron chi connectivity index (χ2n) is 7.11. The number of aromatic nitrogens is 1. The second-order valence-corrected chi connectivity index (χ2v) is 8.52. The monoisotopic (exact) mass is 439 g/mol. The van der Waals surface area contributed by atoms with Gasteiger partial charge in [0.25, 0.3) is 0 Å². The van der Waals surface area contributed by atoms with Gasteiger partial charge in [0.05, 0.1) is 17.9 Å². The van der Waals surface area contributed by atoms with Crippen molar-refractivity contribution >= 4 is 23.5 Å². The Bertz CT molecular complexity index is 836. The van der Waals surface area contributed by atoms with E-state index in [1.54, 1.807) is 7.11 Å². The summed E-state index contributed by atoms with van der Waals surface area (Å²) in [6.07, 6.45) is -2.09. The number of carbonyl (C=O) groups excluding carboxylic acids is 1. The van der Waals surface area contributed by atoms with Crippen LogP contribution in [0.4, 0.5) is 19.0 Å². The number of carbonyl (C=O) groups is 1. The summed E-state index contributed by atoms with van der Waals surface area (Å²) in [5.41, 5.74) is -0.753. The van der Waals surface area contributed by atoms with E-state index in [9.17, 15) is 18.0 Å². The van der Waals surface area contributed by atoms with Crippen LogP contribution in [0.1, 0.15) is 25.3 Å². The number of ether oxygens (including phenoxy) is 1. The summed E-state index contributed by atoms with van der Waals surface area (Å²) in [7, 11) is 1.61. The highest BCUT2D eigenvalue weighted by Crippen LogP contribution is 2.30. The van der Waals surface area contributed by atoms with Crippen molar-refractivity contribution in [2.24, 2.45) is 0 Å². The molecule has 1 aliphatic rings. The fraction of sp³-hybridized carbons (Fsp3) is 0.429. The Morgan fingerprint density at radius 2 is 1.87 bits per heavy atom. The maximum absolute atomic E-state index is 12.7. The van der Waals surface area contributed by atoms with E-state index in [1.165, 1.54) is 17.8 Å². The second kappa shape index (κ2) is 9.59. The first kappa shape index (κ1) is 22.3. The average Bonchev–Trinajstić information content (AvgIpc) is 2.74. The van der Waals surface area contributed by atoms with Crippen LogP contribution in [0.5, 0.6) is 5.75 Å². The molecule has 0 bridgehead atoms. The first-order chi connectivity index (χ1) is 14.3. The molecule has 1 saturated heterocycles. The van der Waals surface area contributed by atoms with Gasteiger partial charge >= 0.3 is 6.18 Å². The number of alkyl halides is 3. The number of methoxy groups -OCH3 is 1. The van der Waals surface area contributed by atoms with Crippen LogP contribution in [0, 0.1) is 0 Å². The lowest BCUT2D eigenvalue weighted by Crippen LogP contribution is -2.46. The Kier molecular flexibility index (Phi) is 7.12. The molecule has 0 spiro atoms. The number of hydrogen-bond donors (Lipinski definition) is 1. The molecule has 1 atom stereocenters. The van der Waals surface area contributed by atoms with Gasteiger partial charge in [0.2, 0.25) is 5.91 Å². The third kappa shape index (κ3) is 5.81. The molecular formula is C21H24F3N3O2S. The number of amides is 1. The average molecular weight is 440 g/mol. The molecule has 5 nitrogen and oxygen atoms in total. The van der Waals surface area contributed by atoms with Gasteiger partial charge < -0.3 is 15.0 Å². The number of anilines is 1. The minimum Gasteiger partial charge on any atom is -0.497 e. The zero-order valence-electron chi connectivity index (χ0n) is 16.8. The summed E-state index contributed by atoms with van der Waals surface area (Å²) >= 11 is 1.48. The summed E-state index contributed by atoms with van der Waals surface area (Å²) in [6, 6.07) is 10.0. The zero-order chi connectivity index (χ0) is 21.7. The van der Waals surface area contributed by atoms with E-state index in [0.29, 0.717) is 31.7 Å². The number of pyridine rings is 1. The highest BCUT2D eigenvalue weighted by molar-refractivity contribution is 8.00. The molecule has 2 aromatic rings. The summed E-state index contributed by atoms with van der Waals surface area (Å²) < 4.78 is 43.1. The van der Waals surface area contributed by atoms with Gasteiger partial charge in [-0.05, 0) is 56.2 Å². The Labute approximate surface area is 178 Å². The lowest BCUT2D eigenvalue weighted by atomic mass is 10.0. The molecule has 0 aliphatic carbocycles. The molecule has 1 aliphatic heterocycles. The van der Waals surface area contributed by atoms with E-state index in [2.05, 4.69) is 10.3 Å². The highest BCUT2D eigenvalue weighted by Gasteiger charge is 2.31. The molecule has 3 rings (SSSR count). The zero-order valence-corrected chi connectivity index (χ0v) is 17.6. The van der Waals surface area contributed by atoms with Gasteiger partial charge in [-0.2, -0.15) is 13.2 Å². The lowest BCUT2D eigenvalue weighted by molar-refractivity contribution is -0.137. The van der Waals surface area contributed by atoms with Gasteiger partial charge in [-0.15, -0.1) is 11.8 Å². The van der Waals surface area contributed by atoms with Gasteiger partial charge in [0, 0.05) is 30.2 Å². The molecular weight excluding hydrogens is 415 g/mol. The Morgan fingerprint density at radius 3 is 2.40 bits per heavy atom. The molecule has 1 unspecified atom stereocenters. The van der Waals surface area contributed by atoms with Crippen LogP contribution in [0.2, 0.25) is 0 Å². The smallest absolute Gasteiger partial charge is 0.417 e. The molecule has 1 amide bonds. The molecule has 162 valence electrons. The van der Waals surface area contributed by atoms with E-state index >= 15 is 0 Å². The van der Waals surface area contributed by atoms with Crippen LogP contribution < -0.4 is 15.0 Å². The summed E-state index contributed by atoms with van der Waals surface area (Å²) in [5, 5.41) is 2.84. The number of piperidine rings is 1. The quantitative estimate of drug-likeness (QED) is 0.678. The summed E-state index contributed by atoms with van der Waals surface area (Å²) in [4.78, 5) is 19.4. The minimum absolute atomic E-state index is 0.0260. The molecule has 1 fully saturated rings. The number of thioether (sulfide) groups is 1. The largest absolute Gasteiger partial charge is 0.497 e. The van der Waals surface area contributed by atoms with Gasteiger partial charge in [-0.1, -0.05) is 0 Å². The number of rotatable bonds is 6. The van der Waals surface area contributed by atoms with Gasteiger partial charge in [-0.3, -0.25) is 4.79 Å². The van der Waals surface area contributed by atoms with E-state index in [0.717, 1.165) is 22.9 Å². The van der Waals surface area contributed by atoms with Gasteiger partial charge in [0.15, 0.2) is 0 Å². The van der Waals surface area contributed by atoms with E-state index < -0.39 is 11.7 Å². The van der Waals surface area contributed by atoms with Crippen LogP contribution in [-0.2, 0) is 11.0 Å². The standard InChI is InChI=1S/C21H24F3N3O2S/c1-14(30-18-6-4-17(29-2)5-7-18)20(28)26-16-9-11-27(12-10-16)19-8-3-15(13-25-19)21(22,23)24/h3-8,13-14,16H,9-12H2,1-2H3,(H,26,28). The first-order valence-corrected chi connectivity index (χ1v) is 10.5. The molecule has 9 heteroatoms. The minimum atomic E-state index is -4.39. The van der Waals surface area contributed by atoms with Crippen LogP contribution >= 0.6 is 11.8 Å². The molecule has 1 aromatic carbocycles. The Balaban J connectivity index is 1.47. The SMILES string of the molecule is COc1ccc(SC(C)C(=O)NC2CCN(c3ccc(C(F)(F)F)cn3)CC2)cc1. The van der Waals surface area contributed by atoms with Crippen molar-refractivity contribution in [2.75, 3.05) is 25.1 Å². The number of halogens is 3. The highest BCUT2D eigenvalue weighted by atomic mass is 32.2. The summed E-state index contributed by atoms with van der Waals surface area (Å²) in [6.45, 7) is 3.12. The van der Waals surface area contributed by atoms with Crippen LogP contribution in [-0.4, -0.2) is 42.4 Å². The number of nitrogens with zero attached hydrogens (tertiary/aromatic N) is 2. The molecule has 1 aromatic heterocycles. The van der Waals surface area contributed by atoms with Crippen molar-refractivity contribution in [1.82, 2.24) is 10.3 Å². The van der Waals surface area contributed by atoms with Crippen molar-refractivity contribution in [3.63, 3.8) is 0 Å². The first-order valence-electron chi connectivity index (χ1n) is 9.65. The van der Waals surface area contributed by atoms with Crippen LogP contribution in [0.3, 0.4) is 0 Å². The predicted octanol–water partition coefficient (Wildman–Crippen LogP) is 4.37. The topological polar surface area (TPSA) is 54.5 Å². The van der Waals surface area contributed by atoms with Crippen molar-refractivity contribution in [2.45, 2.75) is 42.1 Å². The fourth-order valence-electron chi connectivity index (χ4n) is 3.22. The fourth-order valence-corrected chi connectivity index (χ4v) is 4.10. The maximum atomic E-state index is 12.7. The molecule has 0 radical (unpaired) electrons. The van der Waals surface area contributed by atoms with Crippen molar-refractivity contribution in [3.8, 4) is 5.75 Å². The third-order valence-electron chi connectivity index (χ3n) is 4.98. The Morgan fingerprint density at radius 1 is 1.20 bits per heavy atom. The van der Waals surface area contributed by atoms with Crippen molar-refractivity contribution in [3.05, 3.63) is 48.2 Å². The number of hydrogen-bond acceptors (Lipinski definition) is 5. The number of nitrogens with one attached hydrogen (secondary N) is 1. The van der Waals surface area contributed by atoms with E-state index in [4.69, 9.17) is 4.74 Å². The normalized spacial score (nSPS) is 16.2. The lowest BCUT2D eigenvalue weighted by Gasteiger charge is -2.33. The van der Waals surface area contributed by atoms with Gasteiger partial charge in [-0.25, -0.2) is 4.98 Å². The molecule has 0 saturated carbocycles. The van der Waals surface area contributed by atoms with Crippen LogP contribution in [0.25, 0.3) is 0 Å². The van der Waals surface area contributed by atoms with Crippen molar-refractivity contribution < 1.29 is 22.7 Å². The van der Waals surface area contributed by atoms with Crippen LogP contribution in [0.15, 0.2) is 47.5 Å². The van der Waals surface area contributed by atoms with E-state index in [-0.39, 0.29) is 17.2 Å².